The number of hydrogen-bond acceptors (Lipinski definition) is 3. The molecule has 0 bridgehead atoms. The van der Waals surface area contributed by atoms with Gasteiger partial charge in [-0.05, 0) is 37.5 Å². The number of guanidine groups is 1. The second-order valence-electron chi connectivity index (χ2n) is 5.53. The highest BCUT2D eigenvalue weighted by atomic mass is 127. The lowest BCUT2D eigenvalue weighted by Crippen LogP contribution is -2.38. The van der Waals surface area contributed by atoms with E-state index in [1.807, 2.05) is 19.2 Å². The molecule has 0 aliphatic heterocycles. The molecule has 0 aliphatic carbocycles. The van der Waals surface area contributed by atoms with Gasteiger partial charge >= 0.3 is 0 Å². The van der Waals surface area contributed by atoms with Crippen LogP contribution in [0.15, 0.2) is 29.4 Å². The molecule has 0 saturated heterocycles. The molecule has 0 saturated carbocycles. The van der Waals surface area contributed by atoms with Crippen LogP contribution in [0.25, 0.3) is 0 Å². The molecule has 0 amide bonds. The monoisotopic (exact) mass is 476 g/mol. The van der Waals surface area contributed by atoms with Crippen molar-refractivity contribution in [2.45, 2.75) is 40.2 Å². The molecular weight excluding hydrogens is 450 g/mol. The molecule has 2 N–H and O–H groups in total. The third-order valence-corrected chi connectivity index (χ3v) is 4.77. The van der Waals surface area contributed by atoms with Crippen LogP contribution < -0.4 is 10.6 Å². The number of nitrogens with zero attached hydrogens (tertiary/aromatic N) is 2. The lowest BCUT2D eigenvalue weighted by Gasteiger charge is -2.11. The van der Waals surface area contributed by atoms with Gasteiger partial charge in [-0.2, -0.15) is 0 Å². The van der Waals surface area contributed by atoms with E-state index in [9.17, 15) is 4.39 Å². The lowest BCUT2D eigenvalue weighted by atomic mass is 10.1. The molecule has 2 rings (SSSR count). The van der Waals surface area contributed by atoms with E-state index in [-0.39, 0.29) is 29.8 Å². The van der Waals surface area contributed by atoms with E-state index in [1.54, 1.807) is 24.3 Å². The minimum absolute atomic E-state index is 0. The maximum Gasteiger partial charge on any atom is 0.191 e. The Bertz CT molecular complexity index is 687. The van der Waals surface area contributed by atoms with Crippen LogP contribution in [0.5, 0.6) is 0 Å². The molecule has 0 radical (unpaired) electrons. The fourth-order valence-electron chi connectivity index (χ4n) is 2.23. The quantitative estimate of drug-likeness (QED) is 0.360. The Balaban J connectivity index is 0.00000312. The highest BCUT2D eigenvalue weighted by Gasteiger charge is 2.03. The summed E-state index contributed by atoms with van der Waals surface area (Å²) < 4.78 is 13.3. The summed E-state index contributed by atoms with van der Waals surface area (Å²) in [5.74, 6) is 0.592. The Morgan fingerprint density at radius 2 is 2.08 bits per heavy atom. The fraction of sp³-hybridized carbons (Fsp3) is 0.444. The van der Waals surface area contributed by atoms with Gasteiger partial charge in [0.15, 0.2) is 5.96 Å². The van der Waals surface area contributed by atoms with Gasteiger partial charge < -0.3 is 10.6 Å². The SMILES string of the molecule is CCNC(=NCc1ccc(F)c(C)c1)NCCc1ncc(CC)s1.I. The first kappa shape index (κ1) is 21.8. The summed E-state index contributed by atoms with van der Waals surface area (Å²) in [5, 5.41) is 7.70. The molecule has 4 nitrogen and oxygen atoms in total. The molecule has 1 aromatic heterocycles. The van der Waals surface area contributed by atoms with Crippen LogP contribution in [0.3, 0.4) is 0 Å². The molecular formula is C18H26FIN4S. The topological polar surface area (TPSA) is 49.3 Å². The summed E-state index contributed by atoms with van der Waals surface area (Å²) in [7, 11) is 0. The van der Waals surface area contributed by atoms with Gasteiger partial charge in [0.2, 0.25) is 0 Å². The number of benzene rings is 1. The van der Waals surface area contributed by atoms with Gasteiger partial charge in [0.05, 0.1) is 11.6 Å². The Morgan fingerprint density at radius 1 is 1.28 bits per heavy atom. The number of halogens is 2. The molecule has 7 heteroatoms. The predicted molar refractivity (Wildman–Crippen MR) is 115 cm³/mol. The number of rotatable bonds is 7. The Hall–Kier alpha value is -1.22. The standard InChI is InChI=1S/C18H25FN4S.HI/c1-4-15-12-22-17(24-15)8-9-21-18(20-5-2)23-11-14-6-7-16(19)13(3)10-14;/h6-7,10,12H,4-5,8-9,11H2,1-3H3,(H2,20,21,23);1H. The smallest absolute Gasteiger partial charge is 0.191 e. The van der Waals surface area contributed by atoms with Crippen molar-refractivity contribution in [3.05, 3.63) is 51.2 Å². The van der Waals surface area contributed by atoms with Gasteiger partial charge in [-0.15, -0.1) is 35.3 Å². The van der Waals surface area contributed by atoms with Gasteiger partial charge in [0, 0.05) is 30.6 Å². The zero-order chi connectivity index (χ0) is 17.4. The van der Waals surface area contributed by atoms with E-state index < -0.39 is 0 Å². The number of aliphatic imine (C=N–C) groups is 1. The van der Waals surface area contributed by atoms with Gasteiger partial charge in [-0.25, -0.2) is 14.4 Å². The van der Waals surface area contributed by atoms with Crippen LogP contribution >= 0.6 is 35.3 Å². The van der Waals surface area contributed by atoms with E-state index in [1.165, 1.54) is 10.9 Å². The first-order valence-electron chi connectivity index (χ1n) is 8.33. The molecule has 1 aromatic carbocycles. The molecule has 0 unspecified atom stereocenters. The molecule has 2 aromatic rings. The van der Waals surface area contributed by atoms with E-state index in [0.717, 1.165) is 42.5 Å². The molecule has 0 aliphatic rings. The maximum absolute atomic E-state index is 13.3. The predicted octanol–water partition coefficient (Wildman–Crippen LogP) is 4.07. The normalized spacial score (nSPS) is 11.1. The Morgan fingerprint density at radius 3 is 2.72 bits per heavy atom. The molecule has 1 heterocycles. The second kappa shape index (κ2) is 11.4. The largest absolute Gasteiger partial charge is 0.357 e. The highest BCUT2D eigenvalue weighted by molar-refractivity contribution is 14.0. The van der Waals surface area contributed by atoms with Crippen molar-refractivity contribution in [2.24, 2.45) is 4.99 Å². The van der Waals surface area contributed by atoms with Crippen LogP contribution in [-0.4, -0.2) is 24.0 Å². The summed E-state index contributed by atoms with van der Waals surface area (Å²) in [6, 6.07) is 5.11. The summed E-state index contributed by atoms with van der Waals surface area (Å²) in [4.78, 5) is 10.3. The molecule has 0 atom stereocenters. The molecule has 0 fully saturated rings. The van der Waals surface area contributed by atoms with Crippen LogP contribution in [0.4, 0.5) is 4.39 Å². The van der Waals surface area contributed by atoms with Crippen LogP contribution in [0, 0.1) is 12.7 Å². The Labute approximate surface area is 170 Å². The van der Waals surface area contributed by atoms with Crippen molar-refractivity contribution in [2.75, 3.05) is 13.1 Å². The highest BCUT2D eigenvalue weighted by Crippen LogP contribution is 2.13. The summed E-state index contributed by atoms with van der Waals surface area (Å²) in [5.41, 5.74) is 1.65. The van der Waals surface area contributed by atoms with Crippen LogP contribution in [0.2, 0.25) is 0 Å². The van der Waals surface area contributed by atoms with Gasteiger partial charge in [-0.3, -0.25) is 0 Å². The van der Waals surface area contributed by atoms with Crippen molar-refractivity contribution in [1.29, 1.82) is 0 Å². The first-order chi connectivity index (χ1) is 11.6. The van der Waals surface area contributed by atoms with Crippen molar-refractivity contribution < 1.29 is 4.39 Å². The summed E-state index contributed by atoms with van der Waals surface area (Å²) >= 11 is 1.76. The minimum atomic E-state index is -0.178. The lowest BCUT2D eigenvalue weighted by molar-refractivity contribution is 0.617. The summed E-state index contributed by atoms with van der Waals surface area (Å²) in [6.45, 7) is 8.05. The summed E-state index contributed by atoms with van der Waals surface area (Å²) in [6.07, 6.45) is 3.87. The fourth-order valence-corrected chi connectivity index (χ4v) is 3.09. The third kappa shape index (κ3) is 7.27. The minimum Gasteiger partial charge on any atom is -0.357 e. The number of aryl methyl sites for hydroxylation is 2. The Kier molecular flexibility index (Phi) is 9.96. The number of aromatic nitrogens is 1. The van der Waals surface area contributed by atoms with E-state index >= 15 is 0 Å². The van der Waals surface area contributed by atoms with E-state index in [4.69, 9.17) is 0 Å². The van der Waals surface area contributed by atoms with Crippen LogP contribution in [-0.2, 0) is 19.4 Å². The first-order valence-corrected chi connectivity index (χ1v) is 9.14. The molecule has 0 spiro atoms. The number of nitrogens with one attached hydrogen (secondary N) is 2. The average Bonchev–Trinajstić information content (AvgIpc) is 3.03. The average molecular weight is 476 g/mol. The molecule has 138 valence electrons. The van der Waals surface area contributed by atoms with E-state index in [2.05, 4.69) is 27.5 Å². The van der Waals surface area contributed by atoms with E-state index in [0.29, 0.717) is 12.1 Å². The van der Waals surface area contributed by atoms with Crippen LogP contribution in [0.1, 0.15) is 34.9 Å². The zero-order valence-corrected chi connectivity index (χ0v) is 18.1. The van der Waals surface area contributed by atoms with Crippen molar-refractivity contribution in [1.82, 2.24) is 15.6 Å². The van der Waals surface area contributed by atoms with Gasteiger partial charge in [-0.1, -0.05) is 19.1 Å². The zero-order valence-electron chi connectivity index (χ0n) is 14.9. The van der Waals surface area contributed by atoms with Crippen molar-refractivity contribution in [3.63, 3.8) is 0 Å². The maximum atomic E-state index is 13.3. The number of thiazole rings is 1. The third-order valence-electron chi connectivity index (χ3n) is 3.57. The van der Waals surface area contributed by atoms with Gasteiger partial charge in [0.25, 0.3) is 0 Å². The van der Waals surface area contributed by atoms with Crippen molar-refractivity contribution in [3.8, 4) is 0 Å². The van der Waals surface area contributed by atoms with Crippen molar-refractivity contribution >= 4 is 41.3 Å². The number of hydrogen-bond donors (Lipinski definition) is 2. The van der Waals surface area contributed by atoms with Gasteiger partial charge in [0.1, 0.15) is 5.82 Å². The second-order valence-corrected chi connectivity index (χ2v) is 6.73. The molecule has 25 heavy (non-hydrogen) atoms.